The number of thiophene rings is 1. The van der Waals surface area contributed by atoms with Crippen LogP contribution in [-0.2, 0) is 27.8 Å². The number of nitrogens with zero attached hydrogens (tertiary/aromatic N) is 2. The van der Waals surface area contributed by atoms with Crippen molar-refractivity contribution in [3.63, 3.8) is 0 Å². The topological polar surface area (TPSA) is 111 Å². The number of amides is 2. The molecular formula is C28H28N4O5S. The Morgan fingerprint density at radius 3 is 2.26 bits per heavy atom. The lowest BCUT2D eigenvalue weighted by Crippen LogP contribution is -2.45. The minimum Gasteiger partial charge on any atom is -0.451 e. The lowest BCUT2D eigenvalue weighted by molar-refractivity contribution is -0.155. The van der Waals surface area contributed by atoms with E-state index in [1.54, 1.807) is 48.3 Å². The molecule has 0 fully saturated rings. The van der Waals surface area contributed by atoms with Crippen LogP contribution in [0.2, 0.25) is 0 Å². The van der Waals surface area contributed by atoms with Crippen molar-refractivity contribution in [2.45, 2.75) is 32.4 Å². The van der Waals surface area contributed by atoms with Crippen molar-refractivity contribution in [2.75, 3.05) is 5.32 Å². The largest absolute Gasteiger partial charge is 0.451 e. The Morgan fingerprint density at radius 2 is 1.63 bits per heavy atom. The van der Waals surface area contributed by atoms with Gasteiger partial charge in [0.25, 0.3) is 17.4 Å². The summed E-state index contributed by atoms with van der Waals surface area (Å²) in [6, 6.07) is 20.6. The number of esters is 1. The molecule has 2 heterocycles. The number of rotatable bonds is 9. The Morgan fingerprint density at radius 1 is 0.974 bits per heavy atom. The molecular weight excluding hydrogens is 504 g/mol. The van der Waals surface area contributed by atoms with Crippen LogP contribution in [0.3, 0.4) is 0 Å². The summed E-state index contributed by atoms with van der Waals surface area (Å²) in [5.41, 5.74) is 1.69. The summed E-state index contributed by atoms with van der Waals surface area (Å²) in [4.78, 5) is 52.3. The highest BCUT2D eigenvalue weighted by atomic mass is 32.1. The van der Waals surface area contributed by atoms with Crippen molar-refractivity contribution >= 4 is 34.8 Å². The zero-order valence-corrected chi connectivity index (χ0v) is 22.0. The number of ether oxygens (including phenoxy) is 1. The van der Waals surface area contributed by atoms with Crippen LogP contribution in [0.25, 0.3) is 5.69 Å². The summed E-state index contributed by atoms with van der Waals surface area (Å²) in [6.45, 7) is 3.13. The number of benzene rings is 2. The maximum atomic E-state index is 13.1. The molecule has 2 aromatic heterocycles. The van der Waals surface area contributed by atoms with Gasteiger partial charge in [-0.05, 0) is 43.0 Å². The molecule has 4 aromatic rings. The maximum Gasteiger partial charge on any atom is 0.329 e. The molecule has 0 unspecified atom stereocenters. The number of hydrogen-bond donors (Lipinski definition) is 2. The lowest BCUT2D eigenvalue weighted by Gasteiger charge is -2.20. The van der Waals surface area contributed by atoms with Gasteiger partial charge in [-0.2, -0.15) is 0 Å². The third kappa shape index (κ3) is 5.92. The third-order valence-electron chi connectivity index (χ3n) is 6.08. The second-order valence-electron chi connectivity index (χ2n) is 8.70. The van der Waals surface area contributed by atoms with E-state index in [0.29, 0.717) is 16.3 Å². The van der Waals surface area contributed by atoms with Gasteiger partial charge >= 0.3 is 5.97 Å². The highest BCUT2D eigenvalue weighted by Crippen LogP contribution is 2.15. The Kier molecular flexibility index (Phi) is 8.22. The maximum absolute atomic E-state index is 13.1. The van der Waals surface area contributed by atoms with Crippen LogP contribution >= 0.6 is 11.3 Å². The summed E-state index contributed by atoms with van der Waals surface area (Å²) in [5, 5.41) is 7.09. The van der Waals surface area contributed by atoms with Crippen molar-refractivity contribution in [2.24, 2.45) is 7.05 Å². The fourth-order valence-corrected chi connectivity index (χ4v) is 4.55. The minimum absolute atomic E-state index is 0.0936. The molecule has 9 nitrogen and oxygen atoms in total. The Labute approximate surface area is 223 Å². The van der Waals surface area contributed by atoms with Gasteiger partial charge in [0.05, 0.1) is 16.3 Å². The first kappa shape index (κ1) is 26.6. The Balaban J connectivity index is 1.48. The zero-order chi connectivity index (χ0) is 27.2. The minimum atomic E-state index is -1.22. The molecule has 4 rings (SSSR count). The van der Waals surface area contributed by atoms with Crippen molar-refractivity contribution in [1.29, 1.82) is 0 Å². The molecule has 2 N–H and O–H groups in total. The van der Waals surface area contributed by atoms with Crippen LogP contribution in [0.15, 0.2) is 83.0 Å². The number of hydrogen-bond acceptors (Lipinski definition) is 6. The standard InChI is InChI=1S/C28H28N4O5S/c1-18-24(27(35)32(31(18)3)21-13-8-5-9-14-21)30-25(33)19(2)37-28(36)22(17-20-11-6-4-7-12-20)29-26(34)23-15-10-16-38-23/h4-16,19,22H,17H2,1-3H3,(H,29,34)(H,30,33)/t19-,22-/m0/s1. The molecule has 10 heteroatoms. The molecule has 0 aliphatic heterocycles. The van der Waals surface area contributed by atoms with Gasteiger partial charge in [0.1, 0.15) is 11.7 Å². The number of nitrogens with one attached hydrogen (secondary N) is 2. The molecule has 0 spiro atoms. The van der Waals surface area contributed by atoms with E-state index in [-0.39, 0.29) is 12.1 Å². The second kappa shape index (κ2) is 11.7. The first-order chi connectivity index (χ1) is 18.3. The summed E-state index contributed by atoms with van der Waals surface area (Å²) in [6.07, 6.45) is -1.03. The van der Waals surface area contributed by atoms with Gasteiger partial charge in [-0.1, -0.05) is 54.6 Å². The predicted octanol–water partition coefficient (Wildman–Crippen LogP) is 3.46. The van der Waals surface area contributed by atoms with Crippen LogP contribution in [0.5, 0.6) is 0 Å². The lowest BCUT2D eigenvalue weighted by atomic mass is 10.1. The SMILES string of the molecule is Cc1c(NC(=O)[C@H](C)OC(=O)[C@H](Cc2ccccc2)NC(=O)c2cccs2)c(=O)n(-c2ccccc2)n1C. The van der Waals surface area contributed by atoms with E-state index in [0.717, 1.165) is 5.56 Å². The van der Waals surface area contributed by atoms with E-state index in [4.69, 9.17) is 4.74 Å². The number of aromatic nitrogens is 2. The fraction of sp³-hybridized carbons (Fsp3) is 0.214. The summed E-state index contributed by atoms with van der Waals surface area (Å²) >= 11 is 1.25. The van der Waals surface area contributed by atoms with Crippen molar-refractivity contribution in [3.8, 4) is 5.69 Å². The second-order valence-corrected chi connectivity index (χ2v) is 9.65. The number of carbonyl (C=O) groups excluding carboxylic acids is 3. The van der Waals surface area contributed by atoms with Gasteiger partial charge < -0.3 is 15.4 Å². The molecule has 2 atom stereocenters. The van der Waals surface area contributed by atoms with Crippen molar-refractivity contribution in [1.82, 2.24) is 14.7 Å². The fourth-order valence-electron chi connectivity index (χ4n) is 3.93. The molecule has 2 aromatic carbocycles. The first-order valence-electron chi connectivity index (χ1n) is 12.0. The molecule has 0 saturated carbocycles. The quantitative estimate of drug-likeness (QED) is 0.321. The van der Waals surface area contributed by atoms with Gasteiger partial charge in [0, 0.05) is 13.5 Å². The van der Waals surface area contributed by atoms with Gasteiger partial charge in [0.2, 0.25) is 0 Å². The zero-order valence-electron chi connectivity index (χ0n) is 21.2. The van der Waals surface area contributed by atoms with Crippen LogP contribution in [0, 0.1) is 6.92 Å². The van der Waals surface area contributed by atoms with Crippen molar-refractivity contribution < 1.29 is 19.1 Å². The molecule has 2 amide bonds. The summed E-state index contributed by atoms with van der Waals surface area (Å²) in [5.74, 6) is -1.82. The highest BCUT2D eigenvalue weighted by molar-refractivity contribution is 7.12. The van der Waals surface area contributed by atoms with E-state index in [2.05, 4.69) is 10.6 Å². The summed E-state index contributed by atoms with van der Waals surface area (Å²) < 4.78 is 8.54. The van der Waals surface area contributed by atoms with Crippen LogP contribution in [0.1, 0.15) is 27.9 Å². The van der Waals surface area contributed by atoms with E-state index in [1.807, 2.05) is 48.5 Å². The number of anilines is 1. The van der Waals surface area contributed by atoms with Crippen LogP contribution in [0.4, 0.5) is 5.69 Å². The molecule has 0 bridgehead atoms. The van der Waals surface area contributed by atoms with Gasteiger partial charge in [-0.25, -0.2) is 9.48 Å². The third-order valence-corrected chi connectivity index (χ3v) is 6.95. The Hall–Kier alpha value is -4.44. The normalized spacial score (nSPS) is 12.4. The predicted molar refractivity (Wildman–Crippen MR) is 146 cm³/mol. The average Bonchev–Trinajstić information content (AvgIpc) is 3.53. The van der Waals surface area contributed by atoms with Gasteiger partial charge in [0.15, 0.2) is 6.10 Å². The highest BCUT2D eigenvalue weighted by Gasteiger charge is 2.28. The molecule has 196 valence electrons. The van der Waals surface area contributed by atoms with E-state index < -0.39 is 35.5 Å². The average molecular weight is 533 g/mol. The van der Waals surface area contributed by atoms with Gasteiger partial charge in [-0.15, -0.1) is 11.3 Å². The smallest absolute Gasteiger partial charge is 0.329 e. The summed E-state index contributed by atoms with van der Waals surface area (Å²) in [7, 11) is 1.72. The van der Waals surface area contributed by atoms with Crippen LogP contribution in [-0.4, -0.2) is 39.3 Å². The number of carbonyl (C=O) groups is 3. The van der Waals surface area contributed by atoms with E-state index in [9.17, 15) is 19.2 Å². The molecule has 0 radical (unpaired) electrons. The van der Waals surface area contributed by atoms with E-state index >= 15 is 0 Å². The first-order valence-corrected chi connectivity index (χ1v) is 12.9. The van der Waals surface area contributed by atoms with Crippen molar-refractivity contribution in [3.05, 3.63) is 105 Å². The molecule has 0 saturated heterocycles. The monoisotopic (exact) mass is 532 g/mol. The van der Waals surface area contributed by atoms with E-state index in [1.165, 1.54) is 22.9 Å². The van der Waals surface area contributed by atoms with Gasteiger partial charge in [-0.3, -0.25) is 19.1 Å². The number of para-hydroxylation sites is 1. The van der Waals surface area contributed by atoms with Crippen LogP contribution < -0.4 is 16.2 Å². The molecule has 0 aliphatic rings. The Bertz CT molecular complexity index is 1480. The molecule has 38 heavy (non-hydrogen) atoms. The molecule has 0 aliphatic carbocycles.